The summed E-state index contributed by atoms with van der Waals surface area (Å²) < 4.78 is 1.90. The van der Waals surface area contributed by atoms with Crippen molar-refractivity contribution in [2.24, 2.45) is 0 Å². The fourth-order valence-corrected chi connectivity index (χ4v) is 3.55. The van der Waals surface area contributed by atoms with Gasteiger partial charge in [0.05, 0.1) is 18.6 Å². The molecule has 0 fully saturated rings. The van der Waals surface area contributed by atoms with Crippen LogP contribution in [0.2, 0.25) is 0 Å². The Bertz CT molecular complexity index is 595. The Morgan fingerprint density at radius 1 is 0.789 bits per heavy atom. The van der Waals surface area contributed by atoms with Gasteiger partial charge >= 0.3 is 0 Å². The van der Waals surface area contributed by atoms with E-state index in [4.69, 9.17) is 0 Å². The maximum atomic E-state index is 9.90. The fraction of sp³-hybridized carbons (Fsp3) is 0.200. The molecule has 0 spiro atoms. The van der Waals surface area contributed by atoms with Crippen LogP contribution >= 0.6 is 31.9 Å². The van der Waals surface area contributed by atoms with Crippen LogP contribution in [0.5, 0.6) is 0 Å². The Balaban J connectivity index is 2.38. The van der Waals surface area contributed by atoms with Crippen LogP contribution in [0.25, 0.3) is 11.1 Å². The predicted octanol–water partition coefficient (Wildman–Crippen LogP) is 3.46. The van der Waals surface area contributed by atoms with Gasteiger partial charge in [0.2, 0.25) is 0 Å². The molecule has 0 radical (unpaired) electrons. The lowest BCUT2D eigenvalue weighted by atomic mass is 9.80. The zero-order valence-corrected chi connectivity index (χ0v) is 13.2. The maximum absolute atomic E-state index is 9.90. The van der Waals surface area contributed by atoms with Gasteiger partial charge in [-0.3, -0.25) is 0 Å². The van der Waals surface area contributed by atoms with Gasteiger partial charge in [-0.15, -0.1) is 0 Å². The number of hydrogen-bond acceptors (Lipinski definition) is 2. The molecular weight excluding hydrogens is 372 g/mol. The fourth-order valence-electron chi connectivity index (χ4n) is 2.83. The molecule has 2 aromatic carbocycles. The molecule has 0 saturated carbocycles. The number of fused-ring (bicyclic) bond motifs is 3. The van der Waals surface area contributed by atoms with Crippen molar-refractivity contribution in [1.29, 1.82) is 0 Å². The molecule has 0 saturated heterocycles. The molecule has 0 aliphatic heterocycles. The first-order chi connectivity index (χ1) is 9.12. The van der Waals surface area contributed by atoms with Gasteiger partial charge in [-0.1, -0.05) is 44.0 Å². The molecule has 19 heavy (non-hydrogen) atoms. The monoisotopic (exact) mass is 382 g/mol. The van der Waals surface area contributed by atoms with E-state index in [1.807, 2.05) is 36.4 Å². The van der Waals surface area contributed by atoms with Crippen LogP contribution in [0, 0.1) is 0 Å². The van der Waals surface area contributed by atoms with Crippen LogP contribution < -0.4 is 0 Å². The quantitative estimate of drug-likeness (QED) is 0.833. The second kappa shape index (κ2) is 4.70. The van der Waals surface area contributed by atoms with Crippen molar-refractivity contribution in [2.45, 2.75) is 5.41 Å². The normalized spacial score (nSPS) is 15.2. The Labute approximate surface area is 128 Å². The highest BCUT2D eigenvalue weighted by Gasteiger charge is 2.42. The summed E-state index contributed by atoms with van der Waals surface area (Å²) in [5, 5.41) is 19.8. The average molecular weight is 384 g/mol. The van der Waals surface area contributed by atoms with Gasteiger partial charge in [0.25, 0.3) is 0 Å². The number of aliphatic hydroxyl groups is 2. The Morgan fingerprint density at radius 3 is 1.58 bits per heavy atom. The largest absolute Gasteiger partial charge is 0.395 e. The van der Waals surface area contributed by atoms with E-state index in [-0.39, 0.29) is 13.2 Å². The van der Waals surface area contributed by atoms with Crippen molar-refractivity contribution < 1.29 is 10.2 Å². The lowest BCUT2D eigenvalue weighted by Crippen LogP contribution is -2.34. The molecule has 98 valence electrons. The SMILES string of the molecule is OCC1(CO)c2cc(Br)ccc2-c2ccc(Br)cc21. The maximum Gasteiger partial charge on any atom is 0.0676 e. The average Bonchev–Trinajstić information content (AvgIpc) is 2.67. The van der Waals surface area contributed by atoms with Crippen molar-refractivity contribution in [3.63, 3.8) is 0 Å². The first-order valence-electron chi connectivity index (χ1n) is 5.94. The zero-order valence-electron chi connectivity index (χ0n) is 10.0. The van der Waals surface area contributed by atoms with E-state index in [9.17, 15) is 10.2 Å². The molecule has 4 heteroatoms. The third kappa shape index (κ3) is 1.82. The first-order valence-corrected chi connectivity index (χ1v) is 7.53. The molecule has 0 unspecified atom stereocenters. The van der Waals surface area contributed by atoms with Crippen LogP contribution in [0.1, 0.15) is 11.1 Å². The minimum absolute atomic E-state index is 0.115. The van der Waals surface area contributed by atoms with E-state index >= 15 is 0 Å². The van der Waals surface area contributed by atoms with Crippen molar-refractivity contribution in [2.75, 3.05) is 13.2 Å². The van der Waals surface area contributed by atoms with Crippen molar-refractivity contribution >= 4 is 31.9 Å². The molecule has 2 nitrogen and oxygen atoms in total. The highest BCUT2D eigenvalue weighted by molar-refractivity contribution is 9.10. The Kier molecular flexibility index (Phi) is 3.29. The first kappa shape index (κ1) is 13.3. The van der Waals surface area contributed by atoms with E-state index in [0.29, 0.717) is 0 Å². The summed E-state index contributed by atoms with van der Waals surface area (Å²) in [6.07, 6.45) is 0. The summed E-state index contributed by atoms with van der Waals surface area (Å²) in [7, 11) is 0. The second-order valence-electron chi connectivity index (χ2n) is 4.78. The van der Waals surface area contributed by atoms with E-state index in [0.717, 1.165) is 31.2 Å². The van der Waals surface area contributed by atoms with Crippen molar-refractivity contribution in [3.8, 4) is 11.1 Å². The van der Waals surface area contributed by atoms with E-state index in [1.54, 1.807) is 0 Å². The smallest absolute Gasteiger partial charge is 0.0676 e. The number of halogens is 2. The molecular formula is C15H12Br2O2. The molecule has 0 atom stereocenters. The topological polar surface area (TPSA) is 40.5 Å². The Morgan fingerprint density at radius 2 is 1.21 bits per heavy atom. The minimum Gasteiger partial charge on any atom is -0.395 e. The van der Waals surface area contributed by atoms with Crippen LogP contribution in [0.4, 0.5) is 0 Å². The van der Waals surface area contributed by atoms with Crippen LogP contribution in [0.15, 0.2) is 45.3 Å². The molecule has 2 aromatic rings. The minimum atomic E-state index is -0.724. The molecule has 0 heterocycles. The third-order valence-electron chi connectivity index (χ3n) is 3.82. The van der Waals surface area contributed by atoms with Gasteiger partial charge in [-0.25, -0.2) is 0 Å². The molecule has 2 N–H and O–H groups in total. The number of benzene rings is 2. The third-order valence-corrected chi connectivity index (χ3v) is 4.81. The molecule has 0 bridgehead atoms. The standard InChI is InChI=1S/C15H12Br2O2/c16-9-1-3-11-12-4-2-10(17)6-14(12)15(7-18,8-19)13(11)5-9/h1-6,18-19H,7-8H2. The second-order valence-corrected chi connectivity index (χ2v) is 6.61. The van der Waals surface area contributed by atoms with Crippen LogP contribution in [-0.4, -0.2) is 23.4 Å². The molecule has 1 aliphatic carbocycles. The van der Waals surface area contributed by atoms with Crippen molar-refractivity contribution in [3.05, 3.63) is 56.5 Å². The van der Waals surface area contributed by atoms with Crippen molar-refractivity contribution in [1.82, 2.24) is 0 Å². The van der Waals surface area contributed by atoms with Gasteiger partial charge in [0.1, 0.15) is 0 Å². The number of hydrogen-bond donors (Lipinski definition) is 2. The van der Waals surface area contributed by atoms with Crippen LogP contribution in [-0.2, 0) is 5.41 Å². The number of rotatable bonds is 2. The highest BCUT2D eigenvalue weighted by atomic mass is 79.9. The molecule has 1 aliphatic rings. The lowest BCUT2D eigenvalue weighted by Gasteiger charge is -2.27. The van der Waals surface area contributed by atoms with Crippen LogP contribution in [0.3, 0.4) is 0 Å². The van der Waals surface area contributed by atoms with Gasteiger partial charge in [0, 0.05) is 8.95 Å². The van der Waals surface area contributed by atoms with Gasteiger partial charge in [-0.05, 0) is 46.5 Å². The zero-order chi connectivity index (χ0) is 13.6. The van der Waals surface area contributed by atoms with E-state index in [2.05, 4.69) is 31.9 Å². The summed E-state index contributed by atoms with van der Waals surface area (Å²) >= 11 is 6.92. The van der Waals surface area contributed by atoms with Gasteiger partial charge in [0.15, 0.2) is 0 Å². The van der Waals surface area contributed by atoms with Gasteiger partial charge in [-0.2, -0.15) is 0 Å². The summed E-state index contributed by atoms with van der Waals surface area (Å²) in [6, 6.07) is 12.0. The number of aliphatic hydroxyl groups excluding tert-OH is 2. The van der Waals surface area contributed by atoms with E-state index in [1.165, 1.54) is 0 Å². The van der Waals surface area contributed by atoms with Gasteiger partial charge < -0.3 is 10.2 Å². The lowest BCUT2D eigenvalue weighted by molar-refractivity contribution is 0.146. The summed E-state index contributed by atoms with van der Waals surface area (Å²) in [6.45, 7) is -0.229. The molecule has 3 rings (SSSR count). The molecule has 0 aromatic heterocycles. The predicted molar refractivity (Wildman–Crippen MR) is 82.2 cm³/mol. The summed E-state index contributed by atoms with van der Waals surface area (Å²) in [5.41, 5.74) is 3.38. The highest BCUT2D eigenvalue weighted by Crippen LogP contribution is 2.49. The van der Waals surface area contributed by atoms with E-state index < -0.39 is 5.41 Å². The summed E-state index contributed by atoms with van der Waals surface area (Å²) in [4.78, 5) is 0. The summed E-state index contributed by atoms with van der Waals surface area (Å²) in [5.74, 6) is 0. The Hall–Kier alpha value is -0.680. The molecule has 0 amide bonds.